The number of halogens is 2. The number of hydrogen-bond acceptors (Lipinski definition) is 5. The smallest absolute Gasteiger partial charge is 0.251 e. The van der Waals surface area contributed by atoms with E-state index >= 15 is 4.39 Å². The number of nitrogens with one attached hydrogen (secondary N) is 1. The lowest BCUT2D eigenvalue weighted by atomic mass is 9.84. The van der Waals surface area contributed by atoms with Gasteiger partial charge in [0.1, 0.15) is 28.2 Å². The molecule has 0 aliphatic carbocycles. The summed E-state index contributed by atoms with van der Waals surface area (Å²) < 4.78 is 30.8. The van der Waals surface area contributed by atoms with Crippen molar-refractivity contribution in [2.45, 2.75) is 20.3 Å². The lowest BCUT2D eigenvalue weighted by Crippen LogP contribution is -2.33. The predicted octanol–water partition coefficient (Wildman–Crippen LogP) is 4.05. The van der Waals surface area contributed by atoms with E-state index in [9.17, 15) is 14.0 Å². The maximum Gasteiger partial charge on any atom is 0.251 e. The molecule has 0 unspecified atom stereocenters. The fourth-order valence-electron chi connectivity index (χ4n) is 3.18. The van der Waals surface area contributed by atoms with Crippen molar-refractivity contribution >= 4 is 27.5 Å². The Hall–Kier alpha value is -3.46. The van der Waals surface area contributed by atoms with Gasteiger partial charge in [-0.05, 0) is 30.2 Å². The molecule has 3 N–H and O–H groups in total. The first kappa shape index (κ1) is 20.8. The van der Waals surface area contributed by atoms with Crippen molar-refractivity contribution in [3.8, 4) is 22.1 Å². The van der Waals surface area contributed by atoms with Crippen LogP contribution in [-0.2, 0) is 11.2 Å². The molecular weight excluding hydrogens is 422 g/mol. The van der Waals surface area contributed by atoms with Crippen LogP contribution in [0.15, 0.2) is 47.3 Å². The zero-order chi connectivity index (χ0) is 22.3. The maximum atomic E-state index is 15.3. The molecule has 158 valence electrons. The summed E-state index contributed by atoms with van der Waals surface area (Å²) in [6, 6.07) is 11.0. The minimum Gasteiger partial charge on any atom is -0.369 e. The summed E-state index contributed by atoms with van der Waals surface area (Å²) in [6.07, 6.45) is -0.0385. The van der Waals surface area contributed by atoms with Crippen LogP contribution >= 0.6 is 11.3 Å². The summed E-state index contributed by atoms with van der Waals surface area (Å²) in [7, 11) is 0. The molecule has 0 aliphatic heterocycles. The van der Waals surface area contributed by atoms with Gasteiger partial charge < -0.3 is 10.7 Å². The van der Waals surface area contributed by atoms with E-state index in [4.69, 9.17) is 5.73 Å². The van der Waals surface area contributed by atoms with Gasteiger partial charge in [0, 0.05) is 11.5 Å². The summed E-state index contributed by atoms with van der Waals surface area (Å²) >= 11 is 1.32. The lowest BCUT2D eigenvalue weighted by molar-refractivity contribution is -0.125. The van der Waals surface area contributed by atoms with Crippen molar-refractivity contribution in [2.24, 2.45) is 11.1 Å². The quantitative estimate of drug-likeness (QED) is 0.489. The van der Waals surface area contributed by atoms with Crippen molar-refractivity contribution in [1.29, 1.82) is 0 Å². The third-order valence-corrected chi connectivity index (χ3v) is 6.02. The van der Waals surface area contributed by atoms with Crippen LogP contribution in [0.2, 0.25) is 0 Å². The zero-order valence-electron chi connectivity index (χ0n) is 16.7. The number of fused-ring (bicyclic) bond motifs is 1. The third-order valence-electron chi connectivity index (χ3n) is 4.96. The van der Waals surface area contributed by atoms with Gasteiger partial charge in [0.2, 0.25) is 5.91 Å². The zero-order valence-corrected chi connectivity index (χ0v) is 17.5. The number of nitrogens with zero attached hydrogens (tertiary/aromatic N) is 2. The van der Waals surface area contributed by atoms with E-state index in [1.807, 2.05) is 24.3 Å². The van der Waals surface area contributed by atoms with Crippen molar-refractivity contribution in [2.75, 3.05) is 0 Å². The fraction of sp³-hybridized carbons (Fsp3) is 0.182. The molecular formula is C22H18F2N4O2S. The number of thiazole rings is 1. The average Bonchev–Trinajstić information content (AvgIpc) is 3.14. The summed E-state index contributed by atoms with van der Waals surface area (Å²) in [6.45, 7) is 3.15. The number of amides is 1. The average molecular weight is 440 g/mol. The molecule has 1 amide bonds. The molecule has 9 heteroatoms. The molecule has 2 aromatic heterocycles. The molecule has 0 saturated heterocycles. The molecule has 0 saturated carbocycles. The van der Waals surface area contributed by atoms with Crippen LogP contribution in [0.3, 0.4) is 0 Å². The highest BCUT2D eigenvalue weighted by atomic mass is 32.1. The first-order chi connectivity index (χ1) is 14.7. The Labute approximate surface area is 179 Å². The van der Waals surface area contributed by atoms with Gasteiger partial charge in [0.15, 0.2) is 0 Å². The van der Waals surface area contributed by atoms with Crippen molar-refractivity contribution < 1.29 is 13.6 Å². The Morgan fingerprint density at radius 2 is 1.90 bits per heavy atom. The minimum atomic E-state index is -1.04. The van der Waals surface area contributed by atoms with Gasteiger partial charge in [0.05, 0.1) is 15.8 Å². The second-order valence-corrected chi connectivity index (χ2v) is 8.82. The molecule has 0 spiro atoms. The Kier molecular flexibility index (Phi) is 5.14. The lowest BCUT2D eigenvalue weighted by Gasteiger charge is -2.21. The molecule has 0 atom stereocenters. The Morgan fingerprint density at radius 1 is 1.16 bits per heavy atom. The SMILES string of the molecule is CC(C)(Cc1ccc(F)c(-c2nc(-c3nc4ccccc4s3)cc(=O)[nH]2)c1F)C(N)=O. The monoisotopic (exact) mass is 440 g/mol. The number of aromatic nitrogens is 3. The van der Waals surface area contributed by atoms with Gasteiger partial charge in [-0.15, -0.1) is 11.3 Å². The van der Waals surface area contributed by atoms with E-state index in [1.165, 1.54) is 23.5 Å². The standard InChI is InChI=1S/C22H18F2N4O2S/c1-22(2,21(25)30)10-11-7-8-12(23)17(18(11)24)19-26-14(9-16(29)28-19)20-27-13-5-3-4-6-15(13)31-20/h3-9H,10H2,1-2H3,(H2,25,30)(H,26,28,29). The van der Waals surface area contributed by atoms with E-state index in [-0.39, 0.29) is 23.5 Å². The fourth-order valence-corrected chi connectivity index (χ4v) is 4.11. The second kappa shape index (κ2) is 7.66. The number of primary amides is 1. The van der Waals surface area contributed by atoms with Gasteiger partial charge in [0.25, 0.3) is 5.56 Å². The number of aromatic amines is 1. The van der Waals surface area contributed by atoms with Crippen LogP contribution in [0.1, 0.15) is 19.4 Å². The largest absolute Gasteiger partial charge is 0.369 e. The van der Waals surface area contributed by atoms with Crippen LogP contribution < -0.4 is 11.3 Å². The molecule has 31 heavy (non-hydrogen) atoms. The van der Waals surface area contributed by atoms with Gasteiger partial charge in [-0.25, -0.2) is 18.7 Å². The molecule has 6 nitrogen and oxygen atoms in total. The predicted molar refractivity (Wildman–Crippen MR) is 116 cm³/mol. The molecule has 0 bridgehead atoms. The summed E-state index contributed by atoms with van der Waals surface area (Å²) in [5.41, 5.74) is 4.33. The molecule has 0 aliphatic rings. The Morgan fingerprint density at radius 3 is 2.61 bits per heavy atom. The molecule has 0 fully saturated rings. The van der Waals surface area contributed by atoms with Crippen LogP contribution in [0.25, 0.3) is 32.3 Å². The normalized spacial score (nSPS) is 11.7. The number of H-pyrrole nitrogens is 1. The van der Waals surface area contributed by atoms with E-state index < -0.39 is 34.1 Å². The van der Waals surface area contributed by atoms with E-state index in [0.717, 1.165) is 16.3 Å². The second-order valence-electron chi connectivity index (χ2n) is 7.79. The number of para-hydroxylation sites is 1. The number of nitrogens with two attached hydrogens (primary N) is 1. The number of carbonyl (C=O) groups is 1. The number of rotatable bonds is 5. The van der Waals surface area contributed by atoms with Crippen molar-refractivity contribution in [3.63, 3.8) is 0 Å². The first-order valence-electron chi connectivity index (χ1n) is 9.40. The topological polar surface area (TPSA) is 102 Å². The number of carbonyl (C=O) groups excluding carboxylic acids is 1. The van der Waals surface area contributed by atoms with E-state index in [0.29, 0.717) is 5.01 Å². The van der Waals surface area contributed by atoms with Crippen LogP contribution in [-0.4, -0.2) is 20.9 Å². The van der Waals surface area contributed by atoms with Crippen molar-refractivity contribution in [3.05, 3.63) is 70.0 Å². The summed E-state index contributed by atoms with van der Waals surface area (Å²) in [4.78, 5) is 35.1. The molecule has 4 rings (SSSR count). The van der Waals surface area contributed by atoms with Gasteiger partial charge in [-0.3, -0.25) is 9.59 Å². The van der Waals surface area contributed by atoms with E-state index in [2.05, 4.69) is 15.0 Å². The van der Waals surface area contributed by atoms with Gasteiger partial charge >= 0.3 is 0 Å². The highest BCUT2D eigenvalue weighted by Crippen LogP contribution is 2.32. The number of benzene rings is 2. The summed E-state index contributed by atoms with van der Waals surface area (Å²) in [5, 5.41) is 0.459. The van der Waals surface area contributed by atoms with E-state index in [1.54, 1.807) is 13.8 Å². The third kappa shape index (κ3) is 3.96. The molecule has 0 radical (unpaired) electrons. The highest BCUT2D eigenvalue weighted by molar-refractivity contribution is 7.21. The Balaban J connectivity index is 1.84. The summed E-state index contributed by atoms with van der Waals surface area (Å²) in [5.74, 6) is -2.65. The minimum absolute atomic E-state index is 0.0385. The number of hydrogen-bond donors (Lipinski definition) is 2. The highest BCUT2D eigenvalue weighted by Gasteiger charge is 2.28. The van der Waals surface area contributed by atoms with Crippen LogP contribution in [0.5, 0.6) is 0 Å². The van der Waals surface area contributed by atoms with Gasteiger partial charge in [-0.1, -0.05) is 32.0 Å². The van der Waals surface area contributed by atoms with Crippen LogP contribution in [0.4, 0.5) is 8.78 Å². The maximum absolute atomic E-state index is 15.3. The van der Waals surface area contributed by atoms with Crippen molar-refractivity contribution in [1.82, 2.24) is 15.0 Å². The molecule has 4 aromatic rings. The Bertz CT molecular complexity index is 1340. The molecule has 2 aromatic carbocycles. The molecule has 2 heterocycles. The first-order valence-corrected chi connectivity index (χ1v) is 10.2. The van der Waals surface area contributed by atoms with Crippen LogP contribution in [0, 0.1) is 17.0 Å². The van der Waals surface area contributed by atoms with Gasteiger partial charge in [-0.2, -0.15) is 0 Å².